The monoisotopic (exact) mass is 851 g/mol. The molecule has 8 saturated carbocycles. The predicted molar refractivity (Wildman–Crippen MR) is 237 cm³/mol. The number of carbonyl (C=O) groups excluding carboxylic acids is 1. The van der Waals surface area contributed by atoms with Crippen LogP contribution in [0.5, 0.6) is 0 Å². The first kappa shape index (κ1) is 46.0. The predicted octanol–water partition coefficient (Wildman–Crippen LogP) is 10.3. The number of aliphatic hydroxyl groups excluding tert-OH is 3. The van der Waals surface area contributed by atoms with Gasteiger partial charge in [0.2, 0.25) is 0 Å². The lowest BCUT2D eigenvalue weighted by Gasteiger charge is -2.66. The van der Waals surface area contributed by atoms with E-state index in [1.807, 2.05) is 0 Å². The maximum Gasteiger partial charge on any atom is 0.303 e. The summed E-state index contributed by atoms with van der Waals surface area (Å²) in [6.07, 6.45) is 15.0. The third kappa shape index (κ3) is 7.25. The molecular weight excluding hydrogens is 765 g/mol. The van der Waals surface area contributed by atoms with Crippen LogP contribution in [0.4, 0.5) is 0 Å². The summed E-state index contributed by atoms with van der Waals surface area (Å²) in [5.74, 6) is 2.93. The van der Waals surface area contributed by atoms with Crippen LogP contribution in [0.25, 0.3) is 0 Å². The van der Waals surface area contributed by atoms with Crippen molar-refractivity contribution in [2.45, 2.75) is 196 Å². The zero-order valence-corrected chi connectivity index (χ0v) is 39.4. The Morgan fingerprint density at radius 1 is 0.656 bits per heavy atom. The van der Waals surface area contributed by atoms with Crippen molar-refractivity contribution in [3.05, 3.63) is 0 Å². The molecule has 0 spiro atoms. The number of Topliss-reactive ketones (excluding diaryl/α,β-unsaturated/α-hetero) is 1. The van der Waals surface area contributed by atoms with Crippen LogP contribution in [0.1, 0.15) is 177 Å². The summed E-state index contributed by atoms with van der Waals surface area (Å²) in [6.45, 7) is 19.0. The van der Waals surface area contributed by atoms with Gasteiger partial charge < -0.3 is 25.5 Å². The van der Waals surface area contributed by atoms with Crippen LogP contribution in [0, 0.1) is 116 Å². The molecule has 0 aromatic rings. The van der Waals surface area contributed by atoms with Crippen molar-refractivity contribution >= 4 is 17.7 Å². The third-order valence-electron chi connectivity index (χ3n) is 22.6. The van der Waals surface area contributed by atoms with Gasteiger partial charge in [0.1, 0.15) is 5.78 Å². The molecule has 8 nitrogen and oxygen atoms in total. The molecule has 61 heavy (non-hydrogen) atoms. The number of carboxylic acid groups (broad SMARTS) is 2. The summed E-state index contributed by atoms with van der Waals surface area (Å²) in [7, 11) is 0. The number of aliphatic carboxylic acids is 2. The van der Waals surface area contributed by atoms with E-state index >= 15 is 4.79 Å². The van der Waals surface area contributed by atoms with Crippen LogP contribution in [-0.4, -0.2) is 61.6 Å². The molecule has 0 amide bonds. The minimum atomic E-state index is -0.739. The molecule has 0 aromatic carbocycles. The molecule has 8 aliphatic rings. The fraction of sp³-hybridized carbons (Fsp3) is 0.943. The minimum Gasteiger partial charge on any atom is -0.481 e. The van der Waals surface area contributed by atoms with E-state index in [2.05, 4.69) is 55.4 Å². The summed E-state index contributed by atoms with van der Waals surface area (Å²) in [6, 6.07) is 0. The number of aliphatic hydroxyl groups is 3. The number of rotatable bonds is 12. The lowest BCUT2D eigenvalue weighted by molar-refractivity contribution is -0.214. The van der Waals surface area contributed by atoms with Gasteiger partial charge in [0.05, 0.1) is 18.3 Å². The smallest absolute Gasteiger partial charge is 0.303 e. The second kappa shape index (κ2) is 16.7. The van der Waals surface area contributed by atoms with Crippen molar-refractivity contribution in [2.75, 3.05) is 0 Å². The van der Waals surface area contributed by atoms with Gasteiger partial charge in [0, 0.05) is 24.7 Å². The van der Waals surface area contributed by atoms with Gasteiger partial charge in [-0.1, -0.05) is 61.8 Å². The first-order valence-electron chi connectivity index (χ1n) is 25.8. The zero-order valence-electron chi connectivity index (χ0n) is 39.4. The average Bonchev–Trinajstić information content (AvgIpc) is 3.71. The highest BCUT2D eigenvalue weighted by atomic mass is 16.4. The maximum atomic E-state index is 15.3. The van der Waals surface area contributed by atoms with Crippen LogP contribution in [-0.2, 0) is 14.4 Å². The van der Waals surface area contributed by atoms with Crippen LogP contribution in [0.2, 0.25) is 0 Å². The van der Waals surface area contributed by atoms with Gasteiger partial charge in [-0.05, 0) is 207 Å². The lowest BCUT2D eigenvalue weighted by Crippen LogP contribution is -2.63. The Labute approximate surface area is 368 Å². The zero-order chi connectivity index (χ0) is 44.1. The molecule has 8 aliphatic carbocycles. The molecule has 0 heterocycles. The third-order valence-corrected chi connectivity index (χ3v) is 22.6. The Morgan fingerprint density at radius 3 is 1.90 bits per heavy atom. The summed E-state index contributed by atoms with van der Waals surface area (Å²) < 4.78 is 0. The SMILES string of the molecule is CC[C@@H]1C2C[C@H](O)C(CC3CC([C@H](C)CCC(=O)O)C4(C)CC[C@H]5C(C(=O)[C@H](CC)C6C[C@H](O)CCC65C)[C@H]34)CC2(C)[C@H]2CCC3(C)C([C@H](C)CCC(=O)O)CC[C@H]3C2[C@@H]1O. The van der Waals surface area contributed by atoms with Crippen LogP contribution in [0.3, 0.4) is 0 Å². The van der Waals surface area contributed by atoms with Gasteiger partial charge in [0.25, 0.3) is 0 Å². The summed E-state index contributed by atoms with van der Waals surface area (Å²) in [4.78, 5) is 38.7. The molecular formula is C53H86O8. The van der Waals surface area contributed by atoms with Gasteiger partial charge in [0.15, 0.2) is 0 Å². The Bertz CT molecular complexity index is 1650. The molecule has 12 unspecified atom stereocenters. The van der Waals surface area contributed by atoms with E-state index in [0.717, 1.165) is 96.3 Å². The van der Waals surface area contributed by atoms with Crippen molar-refractivity contribution in [2.24, 2.45) is 116 Å². The lowest BCUT2D eigenvalue weighted by atomic mass is 9.40. The van der Waals surface area contributed by atoms with E-state index in [4.69, 9.17) is 0 Å². The van der Waals surface area contributed by atoms with Gasteiger partial charge in [-0.3, -0.25) is 14.4 Å². The molecule has 8 fully saturated rings. The Hall–Kier alpha value is -1.51. The molecule has 0 aliphatic heterocycles. The van der Waals surface area contributed by atoms with Crippen molar-refractivity contribution < 1.29 is 39.9 Å². The molecule has 23 atom stereocenters. The van der Waals surface area contributed by atoms with Gasteiger partial charge >= 0.3 is 11.9 Å². The molecule has 0 radical (unpaired) electrons. The number of ketones is 1. The van der Waals surface area contributed by atoms with Crippen molar-refractivity contribution in [3.8, 4) is 0 Å². The average molecular weight is 851 g/mol. The number of hydrogen-bond donors (Lipinski definition) is 5. The molecule has 8 rings (SSSR count). The highest BCUT2D eigenvalue weighted by Crippen LogP contribution is 2.73. The van der Waals surface area contributed by atoms with E-state index in [0.29, 0.717) is 54.1 Å². The quantitative estimate of drug-likeness (QED) is 0.130. The Kier molecular flexibility index (Phi) is 12.6. The first-order valence-corrected chi connectivity index (χ1v) is 25.8. The van der Waals surface area contributed by atoms with E-state index in [-0.39, 0.29) is 106 Å². The summed E-state index contributed by atoms with van der Waals surface area (Å²) >= 11 is 0. The van der Waals surface area contributed by atoms with Gasteiger partial charge in [-0.15, -0.1) is 0 Å². The summed E-state index contributed by atoms with van der Waals surface area (Å²) in [5, 5.41) is 55.2. The summed E-state index contributed by atoms with van der Waals surface area (Å²) in [5.41, 5.74) is 0.0507. The molecule has 0 bridgehead atoms. The fourth-order valence-electron chi connectivity index (χ4n) is 19.9. The van der Waals surface area contributed by atoms with E-state index in [1.54, 1.807) is 0 Å². The molecule has 8 heteroatoms. The van der Waals surface area contributed by atoms with Crippen LogP contribution < -0.4 is 0 Å². The largest absolute Gasteiger partial charge is 0.481 e. The van der Waals surface area contributed by atoms with E-state index < -0.39 is 18.0 Å². The second-order valence-electron chi connectivity index (χ2n) is 24.8. The highest BCUT2D eigenvalue weighted by Gasteiger charge is 2.69. The second-order valence-corrected chi connectivity index (χ2v) is 24.8. The van der Waals surface area contributed by atoms with Crippen molar-refractivity contribution in [3.63, 3.8) is 0 Å². The van der Waals surface area contributed by atoms with E-state index in [1.165, 1.54) is 0 Å². The standard InChI is InChI=1S/C53H86O8/c1-9-33-40-25-32(54)17-20-51(40,6)38-19-22-52(7)39(29(4)12-16-44(58)59)24-30(47(52)46(38)49(33)61)23-31-27-53(8)37-18-21-50(5)35(28(3)11-15-43(56)57)13-14-36(50)45(37)48(60)34(10-2)41(53)26-42(31)55/h28-42,45-48,54-55,60H,9-27H2,1-8H3,(H,56,57)(H,58,59)/t28-,29-,30?,31?,32-,33-,34-,35?,36+,37+,38+,39?,40?,41?,42+,45?,46?,47+,48-,50?,51?,52?,53?/m1/s1. The number of carboxylic acids is 2. The maximum absolute atomic E-state index is 15.3. The fourth-order valence-corrected chi connectivity index (χ4v) is 19.9. The molecule has 0 aromatic heterocycles. The van der Waals surface area contributed by atoms with Crippen molar-refractivity contribution in [1.82, 2.24) is 0 Å². The molecule has 5 N–H and O–H groups in total. The number of carbonyl (C=O) groups is 3. The van der Waals surface area contributed by atoms with Crippen LogP contribution >= 0.6 is 0 Å². The van der Waals surface area contributed by atoms with Gasteiger partial charge in [-0.2, -0.15) is 0 Å². The molecule has 346 valence electrons. The van der Waals surface area contributed by atoms with E-state index in [9.17, 15) is 35.1 Å². The number of fused-ring (bicyclic) bond motifs is 10. The topological polar surface area (TPSA) is 152 Å². The van der Waals surface area contributed by atoms with Crippen molar-refractivity contribution in [1.29, 1.82) is 0 Å². The Balaban J connectivity index is 1.11. The molecule has 0 saturated heterocycles. The Morgan fingerprint density at radius 2 is 1.26 bits per heavy atom. The minimum absolute atomic E-state index is 0.00834. The first-order chi connectivity index (χ1) is 28.7. The van der Waals surface area contributed by atoms with Crippen LogP contribution in [0.15, 0.2) is 0 Å². The highest BCUT2D eigenvalue weighted by molar-refractivity contribution is 5.86. The normalized spacial score (nSPS) is 52.4. The van der Waals surface area contributed by atoms with Gasteiger partial charge in [-0.25, -0.2) is 0 Å². The number of hydrogen-bond acceptors (Lipinski definition) is 6.